The van der Waals surface area contributed by atoms with Crippen molar-refractivity contribution in [2.24, 2.45) is 0 Å². The lowest BCUT2D eigenvalue weighted by atomic mass is 10.1. The van der Waals surface area contributed by atoms with Crippen molar-refractivity contribution >= 4 is 43.2 Å². The standard InChI is InChI=1S/C16H17BrN2O3S/c1-11-12(7-6-10-15(11)19(2)23(3,21)22)16(20)18-14-9-5-4-8-13(14)17/h4-10H,1-3H3,(H,18,20). The summed E-state index contributed by atoms with van der Waals surface area (Å²) in [4.78, 5) is 12.5. The van der Waals surface area contributed by atoms with Gasteiger partial charge in [0, 0.05) is 17.1 Å². The second-order valence-electron chi connectivity index (χ2n) is 5.11. The summed E-state index contributed by atoms with van der Waals surface area (Å²) in [6.07, 6.45) is 1.13. The van der Waals surface area contributed by atoms with E-state index in [1.165, 1.54) is 7.05 Å². The number of carbonyl (C=O) groups is 1. The molecule has 7 heteroatoms. The molecule has 0 bridgehead atoms. The van der Waals surface area contributed by atoms with Gasteiger partial charge in [0.2, 0.25) is 10.0 Å². The maximum atomic E-state index is 12.5. The lowest BCUT2D eigenvalue weighted by Crippen LogP contribution is -2.26. The average molecular weight is 397 g/mol. The van der Waals surface area contributed by atoms with Gasteiger partial charge < -0.3 is 5.32 Å². The number of nitrogens with zero attached hydrogens (tertiary/aromatic N) is 1. The van der Waals surface area contributed by atoms with Gasteiger partial charge in [-0.1, -0.05) is 18.2 Å². The highest BCUT2D eigenvalue weighted by molar-refractivity contribution is 9.10. The van der Waals surface area contributed by atoms with Crippen LogP contribution in [0.2, 0.25) is 0 Å². The van der Waals surface area contributed by atoms with Crippen molar-refractivity contribution in [2.45, 2.75) is 6.92 Å². The van der Waals surface area contributed by atoms with E-state index in [9.17, 15) is 13.2 Å². The second-order valence-corrected chi connectivity index (χ2v) is 7.98. The number of nitrogens with one attached hydrogen (secondary N) is 1. The highest BCUT2D eigenvalue weighted by Gasteiger charge is 2.18. The Morgan fingerprint density at radius 3 is 2.39 bits per heavy atom. The number of rotatable bonds is 4. The van der Waals surface area contributed by atoms with E-state index < -0.39 is 10.0 Å². The Labute approximate surface area is 144 Å². The van der Waals surface area contributed by atoms with E-state index in [4.69, 9.17) is 0 Å². The summed E-state index contributed by atoms with van der Waals surface area (Å²) >= 11 is 3.38. The Morgan fingerprint density at radius 2 is 1.78 bits per heavy atom. The summed E-state index contributed by atoms with van der Waals surface area (Å²) in [7, 11) is -1.93. The predicted octanol–water partition coefficient (Wildman–Crippen LogP) is 3.41. The van der Waals surface area contributed by atoms with Gasteiger partial charge in [-0.05, 0) is 52.7 Å². The number of carbonyl (C=O) groups excluding carboxylic acids is 1. The second kappa shape index (κ2) is 6.72. The Hall–Kier alpha value is -1.86. The molecule has 0 aromatic heterocycles. The smallest absolute Gasteiger partial charge is 0.256 e. The number of anilines is 2. The first-order valence-corrected chi connectivity index (χ1v) is 9.45. The minimum atomic E-state index is -3.39. The summed E-state index contributed by atoms with van der Waals surface area (Å²) in [5.41, 5.74) is 2.16. The minimum absolute atomic E-state index is 0.293. The quantitative estimate of drug-likeness (QED) is 0.860. The predicted molar refractivity (Wildman–Crippen MR) is 96.5 cm³/mol. The van der Waals surface area contributed by atoms with E-state index in [0.29, 0.717) is 22.5 Å². The van der Waals surface area contributed by atoms with Crippen molar-refractivity contribution in [2.75, 3.05) is 22.9 Å². The van der Waals surface area contributed by atoms with Crippen LogP contribution in [0.3, 0.4) is 0 Å². The molecule has 0 radical (unpaired) electrons. The third-order valence-electron chi connectivity index (χ3n) is 3.51. The van der Waals surface area contributed by atoms with E-state index in [2.05, 4.69) is 21.2 Å². The summed E-state index contributed by atoms with van der Waals surface area (Å²) in [6.45, 7) is 1.73. The van der Waals surface area contributed by atoms with Gasteiger partial charge >= 0.3 is 0 Å². The Morgan fingerprint density at radius 1 is 1.13 bits per heavy atom. The molecule has 0 saturated heterocycles. The molecule has 2 aromatic rings. The molecule has 0 fully saturated rings. The molecule has 0 aliphatic heterocycles. The summed E-state index contributed by atoms with van der Waals surface area (Å²) < 4.78 is 25.4. The van der Waals surface area contributed by atoms with Crippen LogP contribution in [0.1, 0.15) is 15.9 Å². The highest BCUT2D eigenvalue weighted by Crippen LogP contribution is 2.26. The van der Waals surface area contributed by atoms with Gasteiger partial charge in [-0.3, -0.25) is 9.10 Å². The van der Waals surface area contributed by atoms with Crippen LogP contribution in [0, 0.1) is 6.92 Å². The van der Waals surface area contributed by atoms with Crippen LogP contribution < -0.4 is 9.62 Å². The van der Waals surface area contributed by atoms with Crippen LogP contribution in [-0.2, 0) is 10.0 Å². The van der Waals surface area contributed by atoms with Crippen LogP contribution >= 0.6 is 15.9 Å². The molecule has 0 aliphatic rings. The number of para-hydroxylation sites is 1. The molecule has 2 aromatic carbocycles. The van der Waals surface area contributed by atoms with Crippen molar-refractivity contribution in [1.29, 1.82) is 0 Å². The first-order valence-electron chi connectivity index (χ1n) is 6.81. The van der Waals surface area contributed by atoms with Gasteiger partial charge in [0.05, 0.1) is 17.6 Å². The number of halogens is 1. The van der Waals surface area contributed by atoms with Crippen LogP contribution in [0.4, 0.5) is 11.4 Å². The monoisotopic (exact) mass is 396 g/mol. The van der Waals surface area contributed by atoms with E-state index in [0.717, 1.165) is 15.0 Å². The van der Waals surface area contributed by atoms with Gasteiger partial charge in [-0.15, -0.1) is 0 Å². The zero-order valence-electron chi connectivity index (χ0n) is 13.0. The average Bonchev–Trinajstić information content (AvgIpc) is 2.48. The molecule has 1 amide bonds. The van der Waals surface area contributed by atoms with Crippen LogP contribution in [0.5, 0.6) is 0 Å². The summed E-state index contributed by atoms with van der Waals surface area (Å²) in [5.74, 6) is -0.293. The van der Waals surface area contributed by atoms with E-state index in [1.807, 2.05) is 18.2 Å². The largest absolute Gasteiger partial charge is 0.321 e. The number of sulfonamides is 1. The lowest BCUT2D eigenvalue weighted by molar-refractivity contribution is 0.102. The fourth-order valence-corrected chi connectivity index (χ4v) is 3.08. The van der Waals surface area contributed by atoms with Crippen molar-refractivity contribution in [3.05, 3.63) is 58.1 Å². The normalized spacial score (nSPS) is 11.1. The number of benzene rings is 2. The number of hydrogen-bond acceptors (Lipinski definition) is 3. The SMILES string of the molecule is Cc1c(C(=O)Nc2ccccc2Br)cccc1N(C)S(C)(=O)=O. The maximum Gasteiger partial charge on any atom is 0.256 e. The molecule has 5 nitrogen and oxygen atoms in total. The Kier molecular flexibility index (Phi) is 5.11. The fraction of sp³-hybridized carbons (Fsp3) is 0.188. The summed E-state index contributed by atoms with van der Waals surface area (Å²) in [5, 5.41) is 2.82. The van der Waals surface area contributed by atoms with Crippen LogP contribution in [-0.4, -0.2) is 27.6 Å². The van der Waals surface area contributed by atoms with E-state index >= 15 is 0 Å². The molecule has 0 atom stereocenters. The maximum absolute atomic E-state index is 12.5. The van der Waals surface area contributed by atoms with Crippen molar-refractivity contribution in [3.8, 4) is 0 Å². The molecule has 1 N–H and O–H groups in total. The number of hydrogen-bond donors (Lipinski definition) is 1. The molecule has 0 aliphatic carbocycles. The first kappa shape index (κ1) is 17.5. The van der Waals surface area contributed by atoms with Gasteiger partial charge in [0.1, 0.15) is 0 Å². The fourth-order valence-electron chi connectivity index (χ4n) is 2.14. The molecule has 122 valence electrons. The first-order chi connectivity index (χ1) is 10.7. The molecule has 0 heterocycles. The zero-order valence-corrected chi connectivity index (χ0v) is 15.4. The third-order valence-corrected chi connectivity index (χ3v) is 5.39. The molecule has 0 unspecified atom stereocenters. The van der Waals surface area contributed by atoms with Crippen LogP contribution in [0.15, 0.2) is 46.9 Å². The van der Waals surface area contributed by atoms with Crippen molar-refractivity contribution < 1.29 is 13.2 Å². The highest BCUT2D eigenvalue weighted by atomic mass is 79.9. The molecule has 2 rings (SSSR count). The minimum Gasteiger partial charge on any atom is -0.321 e. The molecule has 0 spiro atoms. The molecular weight excluding hydrogens is 380 g/mol. The van der Waals surface area contributed by atoms with Crippen molar-refractivity contribution in [3.63, 3.8) is 0 Å². The number of amides is 1. The molecule has 0 saturated carbocycles. The Balaban J connectivity index is 2.37. The van der Waals surface area contributed by atoms with Crippen molar-refractivity contribution in [1.82, 2.24) is 0 Å². The van der Waals surface area contributed by atoms with Gasteiger partial charge in [0.25, 0.3) is 5.91 Å². The third kappa shape index (κ3) is 3.92. The van der Waals surface area contributed by atoms with Gasteiger partial charge in [-0.25, -0.2) is 8.42 Å². The van der Waals surface area contributed by atoms with Crippen LogP contribution in [0.25, 0.3) is 0 Å². The molecular formula is C16H17BrN2O3S. The topological polar surface area (TPSA) is 66.5 Å². The van der Waals surface area contributed by atoms with Gasteiger partial charge in [-0.2, -0.15) is 0 Å². The van der Waals surface area contributed by atoms with Gasteiger partial charge in [0.15, 0.2) is 0 Å². The molecule has 23 heavy (non-hydrogen) atoms. The van der Waals surface area contributed by atoms with E-state index in [-0.39, 0.29) is 5.91 Å². The Bertz CT molecular complexity index is 850. The van der Waals surface area contributed by atoms with E-state index in [1.54, 1.807) is 31.2 Å². The lowest BCUT2D eigenvalue weighted by Gasteiger charge is -2.20. The summed E-state index contributed by atoms with van der Waals surface area (Å²) in [6, 6.07) is 12.3. The zero-order chi connectivity index (χ0) is 17.2.